The van der Waals surface area contributed by atoms with Crippen LogP contribution < -0.4 is 4.72 Å². The zero-order valence-electron chi connectivity index (χ0n) is 20.4. The zero-order valence-corrected chi connectivity index (χ0v) is 23.9. The monoisotopic (exact) mass is 748 g/mol. The maximum absolute atomic E-state index is 10.9. The van der Waals surface area contributed by atoms with Gasteiger partial charge in [-0.25, -0.2) is 9.36 Å². The van der Waals surface area contributed by atoms with Crippen LogP contribution in [0.25, 0.3) is 0 Å². The molecule has 0 aliphatic carbocycles. The molecule has 2 aromatic heterocycles. The first-order chi connectivity index (χ1) is 18.8. The normalized spacial score (nSPS) is 10.1. The molecule has 0 aliphatic heterocycles. The minimum Gasteiger partial charge on any atom is 0 e. The molecule has 0 bridgehead atoms. The molecule has 3 rings (SSSR count). The Labute approximate surface area is 243 Å². The van der Waals surface area contributed by atoms with Crippen molar-refractivity contribution in [3.05, 3.63) is 73.6 Å². The fourth-order valence-electron chi connectivity index (χ4n) is 3.05. The predicted octanol–water partition coefficient (Wildman–Crippen LogP) is -0.625. The quantitative estimate of drug-likeness (QED) is 0.113. The van der Waals surface area contributed by atoms with Crippen LogP contribution in [0, 0.1) is 20.0 Å². The minimum atomic E-state index is -2.39. The molecule has 3 N–H and O–H groups in total. The number of carbonyl (C=O) groups is 2. The van der Waals surface area contributed by atoms with Crippen molar-refractivity contribution in [3.8, 4) is 0 Å². The number of carboxylic acids is 2. The van der Waals surface area contributed by atoms with Gasteiger partial charge in [-0.05, 0) is 24.1 Å². The second kappa shape index (κ2) is 22.1. The first-order valence-electron chi connectivity index (χ1n) is 10.3. The van der Waals surface area contributed by atoms with Gasteiger partial charge < -0.3 is 19.5 Å². The van der Waals surface area contributed by atoms with Gasteiger partial charge in [0.15, 0.2) is 0 Å². The summed E-state index contributed by atoms with van der Waals surface area (Å²) < 4.78 is 48.7. The Morgan fingerprint density at radius 3 is 1.70 bits per heavy atom. The van der Waals surface area contributed by atoms with Crippen molar-refractivity contribution in [2.75, 3.05) is 11.3 Å². The van der Waals surface area contributed by atoms with Crippen molar-refractivity contribution in [1.29, 1.82) is 0 Å². The van der Waals surface area contributed by atoms with Gasteiger partial charge in [0.2, 0.25) is 0 Å². The zero-order chi connectivity index (χ0) is 29.8. The maximum atomic E-state index is 10.9. The SMILES string of the molecule is O=C(O)Cn1cc(CN(CCc2ccc(NS(=O)[O-])cc2)Cc2cn(CC(=O)O)nn2)nn1.[C-]#[O+].[C-]#[O+].[C-]#[O+].[Re]. The van der Waals surface area contributed by atoms with E-state index in [4.69, 9.17) is 24.2 Å². The molecule has 2 heterocycles. The van der Waals surface area contributed by atoms with Gasteiger partial charge in [-0.15, -0.1) is 10.2 Å². The molecule has 19 heteroatoms. The van der Waals surface area contributed by atoms with Gasteiger partial charge in [0.25, 0.3) is 0 Å². The average molecular weight is 748 g/mol. The van der Waals surface area contributed by atoms with Crippen LogP contribution in [0.5, 0.6) is 0 Å². The largest absolute Gasteiger partial charge is 0 e. The molecule has 1 aromatic carbocycles. The van der Waals surface area contributed by atoms with Gasteiger partial charge in [0.05, 0.1) is 23.8 Å². The summed E-state index contributed by atoms with van der Waals surface area (Å²) in [6.07, 6.45) is 3.71. The van der Waals surface area contributed by atoms with Gasteiger partial charge >= 0.3 is 45.8 Å². The third-order valence-electron chi connectivity index (χ3n) is 4.41. The van der Waals surface area contributed by atoms with Crippen molar-refractivity contribution < 1.29 is 62.9 Å². The summed E-state index contributed by atoms with van der Waals surface area (Å²) in [6.45, 7) is 14.1. The van der Waals surface area contributed by atoms with Gasteiger partial charge in [0, 0.05) is 57.0 Å². The number of nitrogens with one attached hydrogen (secondary N) is 1. The molecule has 1 radical (unpaired) electrons. The van der Waals surface area contributed by atoms with Crippen LogP contribution in [0.4, 0.5) is 5.69 Å². The van der Waals surface area contributed by atoms with Crippen molar-refractivity contribution in [3.63, 3.8) is 0 Å². The van der Waals surface area contributed by atoms with E-state index in [0.29, 0.717) is 43.1 Å². The summed E-state index contributed by atoms with van der Waals surface area (Å²) in [5.41, 5.74) is 2.54. The molecule has 0 amide bonds. The van der Waals surface area contributed by atoms with Crippen molar-refractivity contribution >= 4 is 28.9 Å². The molecule has 0 aliphatic rings. The van der Waals surface area contributed by atoms with E-state index >= 15 is 0 Å². The Morgan fingerprint density at radius 1 is 0.900 bits per heavy atom. The van der Waals surface area contributed by atoms with E-state index in [2.05, 4.69) is 45.3 Å². The fourth-order valence-corrected chi connectivity index (χ4v) is 3.38. The van der Waals surface area contributed by atoms with Crippen molar-refractivity contribution in [2.24, 2.45) is 0 Å². The number of rotatable bonds is 13. The van der Waals surface area contributed by atoms with Crippen molar-refractivity contribution in [2.45, 2.75) is 32.6 Å². The molecule has 0 saturated heterocycles. The number of hydrogen-bond donors (Lipinski definition) is 3. The second-order valence-electron chi connectivity index (χ2n) is 7.10. The second-order valence-corrected chi connectivity index (χ2v) is 7.77. The number of aromatic nitrogens is 6. The van der Waals surface area contributed by atoms with Crippen LogP contribution in [0.15, 0.2) is 36.7 Å². The summed E-state index contributed by atoms with van der Waals surface area (Å²) in [4.78, 5) is 23.7. The number of benzene rings is 1. The molecule has 0 fully saturated rings. The van der Waals surface area contributed by atoms with E-state index in [1.54, 1.807) is 36.7 Å². The molecule has 1 atom stereocenters. The molecular formula is C21H21N8O9ReS-. The minimum absolute atomic E-state index is 0. The fraction of sp³-hybridized carbons (Fsp3) is 0.286. The summed E-state index contributed by atoms with van der Waals surface area (Å²) in [6, 6.07) is 6.92. The summed E-state index contributed by atoms with van der Waals surface area (Å²) in [5.74, 6) is -2.06. The van der Waals surface area contributed by atoms with Crippen LogP contribution >= 0.6 is 0 Å². The van der Waals surface area contributed by atoms with Gasteiger partial charge in [-0.3, -0.25) is 18.7 Å². The summed E-state index contributed by atoms with van der Waals surface area (Å²) in [7, 11) is 0. The molecule has 0 spiro atoms. The Morgan fingerprint density at radius 2 is 1.32 bits per heavy atom. The van der Waals surface area contributed by atoms with E-state index in [1.165, 1.54) is 9.36 Å². The molecule has 3 aromatic rings. The molecule has 213 valence electrons. The van der Waals surface area contributed by atoms with Gasteiger partial charge in [-0.2, -0.15) is 0 Å². The molecule has 40 heavy (non-hydrogen) atoms. The first kappa shape index (κ1) is 38.3. The molecule has 1 unspecified atom stereocenters. The average Bonchev–Trinajstić information content (AvgIpc) is 3.54. The van der Waals surface area contributed by atoms with Crippen LogP contribution in [0.1, 0.15) is 17.0 Å². The molecular weight excluding hydrogens is 727 g/mol. The number of aliphatic carboxylic acids is 2. The maximum Gasteiger partial charge on any atom is 0 e. The number of anilines is 1. The third kappa shape index (κ3) is 15.6. The van der Waals surface area contributed by atoms with E-state index in [-0.39, 0.29) is 33.5 Å². The van der Waals surface area contributed by atoms with Gasteiger partial charge in [-0.1, -0.05) is 22.6 Å². The van der Waals surface area contributed by atoms with E-state index < -0.39 is 23.2 Å². The topological polar surface area (TPSA) is 251 Å². The van der Waals surface area contributed by atoms with Crippen LogP contribution in [-0.4, -0.2) is 72.3 Å². The summed E-state index contributed by atoms with van der Waals surface area (Å²) >= 11 is -2.39. The van der Waals surface area contributed by atoms with Crippen LogP contribution in [0.2, 0.25) is 0 Å². The molecule has 0 saturated carbocycles. The summed E-state index contributed by atoms with van der Waals surface area (Å²) in [5, 5.41) is 33.4. The smallest absolute Gasteiger partial charge is 0 e. The number of hydrogen-bond acceptors (Lipinski definition) is 9. The number of carboxylic acid groups (broad SMARTS) is 2. The Bertz CT molecular complexity index is 1190. The third-order valence-corrected chi connectivity index (χ3v) is 4.81. The Hall–Kier alpha value is -3.81. The van der Waals surface area contributed by atoms with E-state index in [0.717, 1.165) is 5.56 Å². The van der Waals surface area contributed by atoms with Crippen molar-refractivity contribution in [1.82, 2.24) is 34.9 Å². The Kier molecular flexibility index (Phi) is 21.1. The van der Waals surface area contributed by atoms with Gasteiger partial charge in [0.1, 0.15) is 13.1 Å². The molecule has 17 nitrogen and oxygen atoms in total. The van der Waals surface area contributed by atoms with E-state index in [9.17, 15) is 18.4 Å². The standard InChI is InChI=1S/C18H22N8O6S.3CO.Re/c27-17(28)11-25-9-15(19-22-25)7-24(8-16-10-26(23-20-16)12-18(29)30)6-5-13-1-3-14(4-2-13)21-33(31)32;3*1-2;/h1-4,9-10,21H,5-8,11-12H2,(H,27,28)(H,29,30)(H,31,32);;;;/p-1. The van der Waals surface area contributed by atoms with E-state index in [1.807, 2.05) is 4.90 Å². The van der Waals surface area contributed by atoms with Crippen LogP contribution in [0.3, 0.4) is 0 Å². The Balaban J connectivity index is 0. The first-order valence-corrected chi connectivity index (χ1v) is 11.3. The number of nitrogens with zero attached hydrogens (tertiary/aromatic N) is 7. The van der Waals surface area contributed by atoms with Crippen LogP contribution in [-0.2, 0) is 87.8 Å². The predicted molar refractivity (Wildman–Crippen MR) is 124 cm³/mol.